The first-order valence-corrected chi connectivity index (χ1v) is 4.59. The predicted molar refractivity (Wildman–Crippen MR) is 26.3 cm³/mol. The van der Waals surface area contributed by atoms with Gasteiger partial charge in [0.15, 0.2) is 0 Å². The third kappa shape index (κ3) is 19.0. The molecular weight excluding hydrogens is 272 g/mol. The van der Waals surface area contributed by atoms with Gasteiger partial charge in [0.05, 0.1) is 0 Å². The molecular formula is H5CoKO7P2. The molecule has 0 spiro atoms. The van der Waals surface area contributed by atoms with Gasteiger partial charge in [0.2, 0.25) is 0 Å². The largest absolute Gasteiger partial charge is 1.00 e. The van der Waals surface area contributed by atoms with Crippen molar-refractivity contribution >= 4 is 15.6 Å². The summed E-state index contributed by atoms with van der Waals surface area (Å²) in [6.45, 7) is 0. The van der Waals surface area contributed by atoms with Gasteiger partial charge in [-0.2, -0.15) is 4.31 Å². The Bertz CT molecular complexity index is 162. The van der Waals surface area contributed by atoms with Gasteiger partial charge >= 0.3 is 67.0 Å². The molecule has 0 atom stereocenters. The fraction of sp³-hybridized carbons (Fsp3) is 0. The van der Waals surface area contributed by atoms with Crippen molar-refractivity contribution in [2.75, 3.05) is 0 Å². The molecule has 0 aromatic heterocycles. The van der Waals surface area contributed by atoms with Crippen LogP contribution in [0.1, 0.15) is 1.43 Å². The van der Waals surface area contributed by atoms with Crippen LogP contribution in [0.5, 0.6) is 0 Å². The molecule has 0 aliphatic rings. The Morgan fingerprint density at radius 3 is 1.18 bits per heavy atom. The van der Waals surface area contributed by atoms with Crippen molar-refractivity contribution in [1.82, 2.24) is 0 Å². The van der Waals surface area contributed by atoms with E-state index < -0.39 is 15.6 Å². The zero-order valence-corrected chi connectivity index (χ0v) is 11.2. The average Bonchev–Trinajstić information content (AvgIpc) is 1.14. The van der Waals surface area contributed by atoms with Crippen LogP contribution in [0.3, 0.4) is 0 Å². The third-order valence-corrected chi connectivity index (χ3v) is 1.91. The molecule has 0 fully saturated rings. The van der Waals surface area contributed by atoms with Crippen molar-refractivity contribution in [1.29, 1.82) is 0 Å². The minimum Gasteiger partial charge on any atom is -1.00 e. The molecule has 0 aromatic carbocycles. The van der Waals surface area contributed by atoms with Crippen molar-refractivity contribution in [3.05, 3.63) is 0 Å². The van der Waals surface area contributed by atoms with Crippen LogP contribution in [0.15, 0.2) is 0 Å². The Morgan fingerprint density at radius 2 is 1.18 bits per heavy atom. The van der Waals surface area contributed by atoms with E-state index in [4.69, 9.17) is 19.6 Å². The summed E-state index contributed by atoms with van der Waals surface area (Å²) in [6.07, 6.45) is 0. The van der Waals surface area contributed by atoms with E-state index in [9.17, 15) is 9.13 Å². The van der Waals surface area contributed by atoms with E-state index in [1.54, 1.807) is 0 Å². The van der Waals surface area contributed by atoms with E-state index in [0.717, 1.165) is 0 Å². The van der Waals surface area contributed by atoms with Gasteiger partial charge in [-0.05, 0) is 0 Å². The monoisotopic (exact) mass is 277 g/mol. The van der Waals surface area contributed by atoms with Gasteiger partial charge in [-0.25, -0.2) is 9.13 Å². The number of rotatable bonds is 2. The summed E-state index contributed by atoms with van der Waals surface area (Å²) in [6, 6.07) is 0. The fourth-order valence-corrected chi connectivity index (χ4v) is 1.25. The number of phosphoric acid groups is 2. The van der Waals surface area contributed by atoms with Crippen molar-refractivity contribution in [3.8, 4) is 0 Å². The Morgan fingerprint density at radius 1 is 1.00 bits per heavy atom. The molecule has 0 amide bonds. The zero-order valence-electron chi connectivity index (χ0n) is 6.24. The fourth-order valence-electron chi connectivity index (χ4n) is 0.139. The Kier molecular flexibility index (Phi) is 11.8. The molecule has 11 heteroatoms. The second-order valence-electron chi connectivity index (χ2n) is 1.06. The smallest absolute Gasteiger partial charge is 1.00 e. The normalized spacial score (nSPS) is 11.3. The van der Waals surface area contributed by atoms with Gasteiger partial charge in [-0.3, -0.25) is 0 Å². The second kappa shape index (κ2) is 6.80. The molecule has 0 aliphatic carbocycles. The molecule has 67 valence electrons. The molecule has 0 rings (SSSR count). The minimum absolute atomic E-state index is 0. The molecule has 0 saturated heterocycles. The summed E-state index contributed by atoms with van der Waals surface area (Å²) in [5.41, 5.74) is 0. The van der Waals surface area contributed by atoms with E-state index in [0.29, 0.717) is 0 Å². The maximum Gasteiger partial charge on any atom is 1.00 e. The first-order chi connectivity index (χ1) is 3.71. The molecule has 0 aliphatic heterocycles. The molecule has 0 unspecified atom stereocenters. The molecule has 0 heterocycles. The standard InChI is InChI=1S/Co.K.H4O7P2.H/c;;1-8(2,3)7-9(4,5)6;/h;;(H2,1,2,3)(H2,4,5,6);/q;+1;;-1. The van der Waals surface area contributed by atoms with Crippen LogP contribution in [-0.2, 0) is 30.2 Å². The van der Waals surface area contributed by atoms with Crippen LogP contribution in [-0.4, -0.2) is 19.6 Å². The molecule has 0 aromatic rings. The zero-order chi connectivity index (χ0) is 7.71. The SMILES string of the molecule is O=P(O)(O)OP(=O)(O)O.[Co].[H-].[K+]. The van der Waals surface area contributed by atoms with E-state index in [-0.39, 0.29) is 69.6 Å². The second-order valence-corrected chi connectivity index (χ2v) is 3.68. The maximum absolute atomic E-state index is 9.63. The summed E-state index contributed by atoms with van der Waals surface area (Å²) in [5.74, 6) is 0. The maximum atomic E-state index is 9.63. The summed E-state index contributed by atoms with van der Waals surface area (Å²) < 4.78 is 22.2. The van der Waals surface area contributed by atoms with Crippen LogP contribution in [0.25, 0.3) is 0 Å². The Balaban J connectivity index is -0.000000107. The molecule has 11 heavy (non-hydrogen) atoms. The van der Waals surface area contributed by atoms with Crippen molar-refractivity contribution in [3.63, 3.8) is 0 Å². The third-order valence-electron chi connectivity index (χ3n) is 0.213. The van der Waals surface area contributed by atoms with Crippen LogP contribution < -0.4 is 51.4 Å². The molecule has 1 radical (unpaired) electrons. The summed E-state index contributed by atoms with van der Waals surface area (Å²) in [4.78, 5) is 31.0. The summed E-state index contributed by atoms with van der Waals surface area (Å²) >= 11 is 0. The topological polar surface area (TPSA) is 124 Å². The average molecular weight is 277 g/mol. The first kappa shape index (κ1) is 19.1. The molecule has 0 bridgehead atoms. The summed E-state index contributed by atoms with van der Waals surface area (Å²) in [7, 11) is -10.1. The van der Waals surface area contributed by atoms with Gasteiger partial charge in [0, 0.05) is 16.8 Å². The van der Waals surface area contributed by atoms with E-state index in [1.165, 1.54) is 0 Å². The van der Waals surface area contributed by atoms with Gasteiger partial charge in [-0.1, -0.05) is 0 Å². The quantitative estimate of drug-likeness (QED) is 0.302. The van der Waals surface area contributed by atoms with Crippen LogP contribution in [0, 0.1) is 0 Å². The van der Waals surface area contributed by atoms with Crippen molar-refractivity contribution in [2.45, 2.75) is 0 Å². The van der Waals surface area contributed by atoms with Crippen LogP contribution in [0.2, 0.25) is 0 Å². The van der Waals surface area contributed by atoms with Gasteiger partial charge in [-0.15, -0.1) is 0 Å². The summed E-state index contributed by atoms with van der Waals surface area (Å²) in [5, 5.41) is 0. The van der Waals surface area contributed by atoms with Crippen LogP contribution in [0.4, 0.5) is 0 Å². The van der Waals surface area contributed by atoms with Crippen LogP contribution >= 0.6 is 15.6 Å². The molecule has 4 N–H and O–H groups in total. The van der Waals surface area contributed by atoms with Gasteiger partial charge in [0.1, 0.15) is 0 Å². The minimum atomic E-state index is -5.05. The van der Waals surface area contributed by atoms with E-state index >= 15 is 0 Å². The Hall–Kier alpha value is 2.40. The van der Waals surface area contributed by atoms with Crippen molar-refractivity contribution < 1.29 is 103 Å². The van der Waals surface area contributed by atoms with Crippen molar-refractivity contribution in [2.24, 2.45) is 0 Å². The predicted octanol–water partition coefficient (Wildman–Crippen LogP) is -3.70. The van der Waals surface area contributed by atoms with E-state index in [2.05, 4.69) is 4.31 Å². The molecule has 0 saturated carbocycles. The van der Waals surface area contributed by atoms with Gasteiger partial charge < -0.3 is 21.0 Å². The molecule has 7 nitrogen and oxygen atoms in total. The number of hydrogen-bond donors (Lipinski definition) is 4. The number of hydrogen-bond acceptors (Lipinski definition) is 3. The Labute approximate surface area is 116 Å². The van der Waals surface area contributed by atoms with Gasteiger partial charge in [0.25, 0.3) is 0 Å². The first-order valence-electron chi connectivity index (χ1n) is 1.53. The van der Waals surface area contributed by atoms with E-state index in [1.807, 2.05) is 0 Å².